The lowest BCUT2D eigenvalue weighted by atomic mass is 10.0. The average Bonchev–Trinajstić information content (AvgIpc) is 2.78. The molecule has 1 aromatic rings. The van der Waals surface area contributed by atoms with E-state index >= 15 is 0 Å². The van der Waals surface area contributed by atoms with Crippen molar-refractivity contribution >= 4 is 11.9 Å². The maximum atomic E-state index is 12.4. The Morgan fingerprint density at radius 3 is 2.82 bits per heavy atom. The fraction of sp³-hybridized carbons (Fsp3) is 0.467. The highest BCUT2D eigenvalue weighted by molar-refractivity contribution is 5.87. The van der Waals surface area contributed by atoms with E-state index in [1.807, 2.05) is 30.3 Å². The van der Waals surface area contributed by atoms with E-state index in [1.54, 1.807) is 4.90 Å². The molecule has 7 heteroatoms. The molecule has 2 aliphatic heterocycles. The predicted octanol–water partition coefficient (Wildman–Crippen LogP) is 1.06. The Bertz CT molecular complexity index is 551. The lowest BCUT2D eigenvalue weighted by Gasteiger charge is -2.28. The first-order chi connectivity index (χ1) is 10.7. The highest BCUT2D eigenvalue weighted by atomic mass is 16.7. The lowest BCUT2D eigenvalue weighted by Crippen LogP contribution is -2.49. The molecular weight excluding hydrogens is 286 g/mol. The van der Waals surface area contributed by atoms with Crippen LogP contribution < -0.4 is 5.48 Å². The van der Waals surface area contributed by atoms with Crippen molar-refractivity contribution in [3.8, 4) is 0 Å². The van der Waals surface area contributed by atoms with Gasteiger partial charge in [-0.1, -0.05) is 30.3 Å². The van der Waals surface area contributed by atoms with Gasteiger partial charge in [0.1, 0.15) is 12.6 Å². The van der Waals surface area contributed by atoms with Crippen LogP contribution in [-0.4, -0.2) is 47.6 Å². The van der Waals surface area contributed by atoms with Gasteiger partial charge in [0, 0.05) is 6.54 Å². The summed E-state index contributed by atoms with van der Waals surface area (Å²) in [6.07, 6.45) is 1.34. The van der Waals surface area contributed by atoms with Gasteiger partial charge in [0.25, 0.3) is 5.91 Å². The van der Waals surface area contributed by atoms with E-state index < -0.39 is 6.04 Å². The quantitative estimate of drug-likeness (QED) is 0.826. The number of carbonyl (C=O) groups is 2. The summed E-state index contributed by atoms with van der Waals surface area (Å²) < 4.78 is 0. The Kier molecular flexibility index (Phi) is 4.26. The first kappa shape index (κ1) is 14.8. The number of benzene rings is 1. The second kappa shape index (κ2) is 6.33. The summed E-state index contributed by atoms with van der Waals surface area (Å²) in [5.41, 5.74) is 3.30. The highest BCUT2D eigenvalue weighted by Gasteiger charge is 2.47. The van der Waals surface area contributed by atoms with E-state index in [9.17, 15) is 9.59 Å². The second-order valence-corrected chi connectivity index (χ2v) is 5.44. The number of carbonyl (C=O) groups excluding carboxylic acids is 2. The molecule has 0 spiro atoms. The maximum Gasteiger partial charge on any atom is 0.345 e. The number of rotatable bonds is 5. The molecule has 0 radical (unpaired) electrons. The number of piperidine rings is 1. The fourth-order valence-electron chi connectivity index (χ4n) is 2.96. The molecule has 3 rings (SSSR count). The number of nitrogens with zero attached hydrogens (tertiary/aromatic N) is 2. The molecular formula is C15H19N3O4. The third-order valence-electron chi connectivity index (χ3n) is 4.04. The first-order valence-electron chi connectivity index (χ1n) is 7.30. The summed E-state index contributed by atoms with van der Waals surface area (Å²) >= 11 is 0. The molecule has 2 unspecified atom stereocenters. The smallest absolute Gasteiger partial charge is 0.309 e. The van der Waals surface area contributed by atoms with Gasteiger partial charge in [-0.05, 0) is 18.4 Å². The molecule has 2 fully saturated rings. The van der Waals surface area contributed by atoms with Crippen molar-refractivity contribution in [3.05, 3.63) is 35.9 Å². The monoisotopic (exact) mass is 305 g/mol. The molecule has 1 aromatic carbocycles. The molecule has 1 N–H and O–H groups in total. The van der Waals surface area contributed by atoms with Crippen molar-refractivity contribution in [1.82, 2.24) is 15.4 Å². The van der Waals surface area contributed by atoms with Crippen LogP contribution in [0.2, 0.25) is 0 Å². The molecule has 2 aliphatic rings. The summed E-state index contributed by atoms with van der Waals surface area (Å²) in [5, 5.41) is 1.41. The SMILES string of the molecule is CONC(=O)C1CCC2CN1C(=O)N2OCc1ccccc1. The highest BCUT2D eigenvalue weighted by Crippen LogP contribution is 2.30. The van der Waals surface area contributed by atoms with E-state index in [4.69, 9.17) is 4.84 Å². The lowest BCUT2D eigenvalue weighted by molar-refractivity contribution is -0.140. The number of urea groups is 1. The summed E-state index contributed by atoms with van der Waals surface area (Å²) in [5.74, 6) is -0.292. The zero-order valence-corrected chi connectivity index (χ0v) is 12.4. The van der Waals surface area contributed by atoms with Crippen molar-refractivity contribution in [1.29, 1.82) is 0 Å². The van der Waals surface area contributed by atoms with Crippen LogP contribution in [-0.2, 0) is 21.1 Å². The van der Waals surface area contributed by atoms with Gasteiger partial charge in [0.05, 0.1) is 13.2 Å². The van der Waals surface area contributed by atoms with E-state index in [0.29, 0.717) is 19.6 Å². The van der Waals surface area contributed by atoms with Crippen molar-refractivity contribution in [2.75, 3.05) is 13.7 Å². The number of nitrogens with one attached hydrogen (secondary N) is 1. The minimum absolute atomic E-state index is 0.00260. The summed E-state index contributed by atoms with van der Waals surface area (Å²) in [4.78, 5) is 36.2. The van der Waals surface area contributed by atoms with E-state index in [2.05, 4.69) is 10.3 Å². The Balaban J connectivity index is 1.64. The molecule has 7 nitrogen and oxygen atoms in total. The molecule has 2 bridgehead atoms. The molecule has 2 saturated heterocycles. The standard InChI is InChI=1S/C15H19N3O4/c1-21-16-14(19)13-8-7-12-9-17(13)15(20)18(12)22-10-11-5-3-2-4-6-11/h2-6,12-13H,7-10H2,1H3,(H,16,19). The van der Waals surface area contributed by atoms with E-state index in [1.165, 1.54) is 12.2 Å². The molecule has 0 aromatic heterocycles. The third-order valence-corrected chi connectivity index (χ3v) is 4.04. The van der Waals surface area contributed by atoms with Crippen molar-refractivity contribution in [2.24, 2.45) is 0 Å². The number of hydroxylamine groups is 3. The van der Waals surface area contributed by atoms with Gasteiger partial charge in [-0.15, -0.1) is 0 Å². The molecule has 3 amide bonds. The van der Waals surface area contributed by atoms with Crippen LogP contribution in [0.1, 0.15) is 18.4 Å². The number of hydrogen-bond acceptors (Lipinski definition) is 4. The van der Waals surface area contributed by atoms with Gasteiger partial charge in [0.15, 0.2) is 0 Å². The van der Waals surface area contributed by atoms with Gasteiger partial charge in [0.2, 0.25) is 0 Å². The molecule has 2 atom stereocenters. The second-order valence-electron chi connectivity index (χ2n) is 5.44. The van der Waals surface area contributed by atoms with Gasteiger partial charge in [-0.25, -0.2) is 10.3 Å². The first-order valence-corrected chi connectivity index (χ1v) is 7.30. The zero-order chi connectivity index (χ0) is 15.5. The predicted molar refractivity (Wildman–Crippen MR) is 77.1 cm³/mol. The summed E-state index contributed by atoms with van der Waals surface area (Å²) in [6.45, 7) is 0.848. The summed E-state index contributed by atoms with van der Waals surface area (Å²) in [6, 6.07) is 8.94. The van der Waals surface area contributed by atoms with Gasteiger partial charge >= 0.3 is 6.03 Å². The topological polar surface area (TPSA) is 71.1 Å². The van der Waals surface area contributed by atoms with E-state index in [-0.39, 0.29) is 18.0 Å². The van der Waals surface area contributed by atoms with Crippen molar-refractivity contribution in [2.45, 2.75) is 31.5 Å². The van der Waals surface area contributed by atoms with Crippen LogP contribution in [0.5, 0.6) is 0 Å². The molecule has 0 aliphatic carbocycles. The van der Waals surface area contributed by atoms with Crippen LogP contribution in [0.25, 0.3) is 0 Å². The van der Waals surface area contributed by atoms with Crippen LogP contribution in [0.15, 0.2) is 30.3 Å². The van der Waals surface area contributed by atoms with Crippen LogP contribution >= 0.6 is 0 Å². The maximum absolute atomic E-state index is 12.4. The van der Waals surface area contributed by atoms with Crippen LogP contribution in [0.3, 0.4) is 0 Å². The van der Waals surface area contributed by atoms with Crippen molar-refractivity contribution < 1.29 is 19.3 Å². The molecule has 118 valence electrons. The third kappa shape index (κ3) is 2.77. The minimum atomic E-state index is -0.492. The number of hydrogen-bond donors (Lipinski definition) is 1. The molecule has 2 heterocycles. The Morgan fingerprint density at radius 1 is 1.32 bits per heavy atom. The van der Waals surface area contributed by atoms with Crippen LogP contribution in [0, 0.1) is 0 Å². The molecule has 0 saturated carbocycles. The Labute approximate surface area is 128 Å². The zero-order valence-electron chi connectivity index (χ0n) is 12.4. The molecule has 22 heavy (non-hydrogen) atoms. The Morgan fingerprint density at radius 2 is 2.09 bits per heavy atom. The van der Waals surface area contributed by atoms with Crippen LogP contribution in [0.4, 0.5) is 4.79 Å². The van der Waals surface area contributed by atoms with Gasteiger partial charge < -0.3 is 4.90 Å². The normalized spacial score (nSPS) is 23.8. The number of amides is 3. The summed E-state index contributed by atoms with van der Waals surface area (Å²) in [7, 11) is 1.38. The fourth-order valence-corrected chi connectivity index (χ4v) is 2.96. The minimum Gasteiger partial charge on any atom is -0.309 e. The van der Waals surface area contributed by atoms with Crippen molar-refractivity contribution in [3.63, 3.8) is 0 Å². The average molecular weight is 305 g/mol. The van der Waals surface area contributed by atoms with Gasteiger partial charge in [-0.3, -0.25) is 14.5 Å². The van der Waals surface area contributed by atoms with Gasteiger partial charge in [-0.2, -0.15) is 5.06 Å². The largest absolute Gasteiger partial charge is 0.345 e. The van der Waals surface area contributed by atoms with E-state index in [0.717, 1.165) is 12.0 Å². The Hall–Kier alpha value is -2.12. The number of fused-ring (bicyclic) bond motifs is 2.